The average molecular weight is 212 g/mol. The summed E-state index contributed by atoms with van der Waals surface area (Å²) in [6, 6.07) is 0.659. The quantitative estimate of drug-likeness (QED) is 0.762. The van der Waals surface area contributed by atoms with Gasteiger partial charge in [0.2, 0.25) is 0 Å². The van der Waals surface area contributed by atoms with Crippen molar-refractivity contribution in [3.63, 3.8) is 0 Å². The Morgan fingerprint density at radius 3 is 2.80 bits per heavy atom. The van der Waals surface area contributed by atoms with Crippen molar-refractivity contribution in [1.82, 2.24) is 10.2 Å². The fourth-order valence-electron chi connectivity index (χ4n) is 2.99. The fraction of sp³-hybridized carbons (Fsp3) is 1.00. The van der Waals surface area contributed by atoms with Crippen LogP contribution in [0.5, 0.6) is 0 Å². The summed E-state index contributed by atoms with van der Waals surface area (Å²) in [6.45, 7) is 6.62. The van der Waals surface area contributed by atoms with E-state index in [0.29, 0.717) is 11.6 Å². The molecule has 1 saturated heterocycles. The third-order valence-electron chi connectivity index (χ3n) is 4.04. The molecule has 2 fully saturated rings. The Labute approximate surface area is 93.2 Å². The van der Waals surface area contributed by atoms with Gasteiger partial charge >= 0.3 is 0 Å². The minimum absolute atomic E-state index is 0.445. The smallest absolute Gasteiger partial charge is 0.0589 e. The third kappa shape index (κ3) is 2.52. The molecule has 1 atom stereocenters. The predicted molar refractivity (Wildman–Crippen MR) is 62.1 cm³/mol. The van der Waals surface area contributed by atoms with E-state index in [0.717, 1.165) is 19.7 Å². The van der Waals surface area contributed by atoms with Crippen LogP contribution in [0.4, 0.5) is 0 Å². The van der Waals surface area contributed by atoms with Gasteiger partial charge in [-0.05, 0) is 19.8 Å². The van der Waals surface area contributed by atoms with Crippen molar-refractivity contribution in [2.24, 2.45) is 0 Å². The van der Waals surface area contributed by atoms with Crippen molar-refractivity contribution in [3.8, 4) is 0 Å². The molecule has 1 spiro atoms. The third-order valence-corrected chi connectivity index (χ3v) is 4.04. The molecular formula is C12H24N2O. The number of rotatable bonds is 3. The molecule has 15 heavy (non-hydrogen) atoms. The Hall–Kier alpha value is -0.120. The molecule has 0 aromatic heterocycles. The molecule has 0 aromatic carbocycles. The van der Waals surface area contributed by atoms with E-state index in [9.17, 15) is 0 Å². The highest BCUT2D eigenvalue weighted by molar-refractivity contribution is 5.00. The fourth-order valence-corrected chi connectivity index (χ4v) is 2.99. The summed E-state index contributed by atoms with van der Waals surface area (Å²) in [5.41, 5.74) is 0.445. The van der Waals surface area contributed by atoms with Gasteiger partial charge in [-0.3, -0.25) is 4.90 Å². The van der Waals surface area contributed by atoms with Gasteiger partial charge in [-0.2, -0.15) is 0 Å². The number of nitrogens with zero attached hydrogens (tertiary/aromatic N) is 1. The van der Waals surface area contributed by atoms with Gasteiger partial charge in [0, 0.05) is 38.3 Å². The molecule has 88 valence electrons. The van der Waals surface area contributed by atoms with Gasteiger partial charge in [0.25, 0.3) is 0 Å². The zero-order chi connectivity index (χ0) is 10.7. The van der Waals surface area contributed by atoms with Gasteiger partial charge in [-0.15, -0.1) is 0 Å². The molecule has 1 aliphatic carbocycles. The Morgan fingerprint density at radius 1 is 1.40 bits per heavy atom. The normalized spacial score (nSPS) is 31.2. The summed E-state index contributed by atoms with van der Waals surface area (Å²) < 4.78 is 5.18. The van der Waals surface area contributed by atoms with Crippen molar-refractivity contribution in [3.05, 3.63) is 0 Å². The van der Waals surface area contributed by atoms with Gasteiger partial charge < -0.3 is 10.1 Å². The number of ether oxygens (including phenoxy) is 1. The second kappa shape index (κ2) is 4.81. The summed E-state index contributed by atoms with van der Waals surface area (Å²) in [6.07, 6.45) is 5.53. The molecule has 1 saturated carbocycles. The van der Waals surface area contributed by atoms with Gasteiger partial charge in [-0.25, -0.2) is 0 Å². The zero-order valence-corrected chi connectivity index (χ0v) is 10.1. The predicted octanol–water partition coefficient (Wildman–Crippen LogP) is 1.24. The highest BCUT2D eigenvalue weighted by Gasteiger charge is 2.39. The van der Waals surface area contributed by atoms with Crippen LogP contribution in [0.15, 0.2) is 0 Å². The van der Waals surface area contributed by atoms with Crippen LogP contribution >= 0.6 is 0 Å². The van der Waals surface area contributed by atoms with E-state index >= 15 is 0 Å². The lowest BCUT2D eigenvalue weighted by Gasteiger charge is -2.45. The summed E-state index contributed by atoms with van der Waals surface area (Å²) in [4.78, 5) is 2.59. The second-order valence-corrected chi connectivity index (χ2v) is 5.18. The van der Waals surface area contributed by atoms with E-state index in [1.165, 1.54) is 32.2 Å². The number of methoxy groups -OCH3 is 1. The van der Waals surface area contributed by atoms with Gasteiger partial charge in [0.15, 0.2) is 0 Å². The Balaban J connectivity index is 1.91. The van der Waals surface area contributed by atoms with E-state index in [4.69, 9.17) is 4.74 Å². The summed E-state index contributed by atoms with van der Waals surface area (Å²) in [5, 5.41) is 3.77. The number of hydrogen-bond acceptors (Lipinski definition) is 3. The van der Waals surface area contributed by atoms with Crippen molar-refractivity contribution >= 4 is 0 Å². The van der Waals surface area contributed by atoms with Crippen LogP contribution in [0.1, 0.15) is 32.6 Å². The topological polar surface area (TPSA) is 24.5 Å². The van der Waals surface area contributed by atoms with Crippen molar-refractivity contribution in [1.29, 1.82) is 0 Å². The number of nitrogens with one attached hydrogen (secondary N) is 1. The van der Waals surface area contributed by atoms with Crippen LogP contribution in [0.3, 0.4) is 0 Å². The largest absolute Gasteiger partial charge is 0.383 e. The first kappa shape index (κ1) is 11.4. The van der Waals surface area contributed by atoms with Crippen molar-refractivity contribution in [2.75, 3.05) is 33.4 Å². The van der Waals surface area contributed by atoms with E-state index in [1.54, 1.807) is 7.11 Å². The van der Waals surface area contributed by atoms with Crippen LogP contribution in [0.2, 0.25) is 0 Å². The van der Waals surface area contributed by atoms with Crippen molar-refractivity contribution in [2.45, 2.75) is 44.2 Å². The molecule has 0 aromatic rings. The van der Waals surface area contributed by atoms with Crippen molar-refractivity contribution < 1.29 is 4.74 Å². The maximum atomic E-state index is 5.18. The maximum Gasteiger partial charge on any atom is 0.0589 e. The summed E-state index contributed by atoms with van der Waals surface area (Å²) >= 11 is 0. The Morgan fingerprint density at radius 2 is 2.13 bits per heavy atom. The second-order valence-electron chi connectivity index (χ2n) is 5.18. The maximum absolute atomic E-state index is 5.18. The highest BCUT2D eigenvalue weighted by Crippen LogP contribution is 2.32. The molecule has 1 aliphatic heterocycles. The molecular weight excluding hydrogens is 188 g/mol. The average Bonchev–Trinajstić information content (AvgIpc) is 2.69. The SMILES string of the molecule is COCCN1CC2(CCCC2)NCC1C. The first-order chi connectivity index (χ1) is 7.26. The summed E-state index contributed by atoms with van der Waals surface area (Å²) in [5.74, 6) is 0. The Kier molecular flexibility index (Phi) is 3.65. The van der Waals surface area contributed by atoms with Crippen LogP contribution in [0.25, 0.3) is 0 Å². The number of piperazine rings is 1. The molecule has 0 amide bonds. The van der Waals surface area contributed by atoms with E-state index in [-0.39, 0.29) is 0 Å². The molecule has 2 rings (SSSR count). The molecule has 0 radical (unpaired) electrons. The first-order valence-electron chi connectivity index (χ1n) is 6.24. The van der Waals surface area contributed by atoms with Gasteiger partial charge in [0.05, 0.1) is 6.61 Å². The molecule has 1 heterocycles. The van der Waals surface area contributed by atoms with Crippen LogP contribution in [-0.2, 0) is 4.74 Å². The minimum atomic E-state index is 0.445. The van der Waals surface area contributed by atoms with Crippen LogP contribution in [0, 0.1) is 0 Å². The first-order valence-corrected chi connectivity index (χ1v) is 6.24. The molecule has 1 unspecified atom stereocenters. The van der Waals surface area contributed by atoms with E-state index in [2.05, 4.69) is 17.1 Å². The molecule has 3 heteroatoms. The van der Waals surface area contributed by atoms with Gasteiger partial charge in [0.1, 0.15) is 0 Å². The minimum Gasteiger partial charge on any atom is -0.383 e. The monoisotopic (exact) mass is 212 g/mol. The Bertz CT molecular complexity index is 202. The lowest BCUT2D eigenvalue weighted by molar-refractivity contribution is 0.0612. The van der Waals surface area contributed by atoms with E-state index < -0.39 is 0 Å². The van der Waals surface area contributed by atoms with Gasteiger partial charge in [-0.1, -0.05) is 12.8 Å². The zero-order valence-electron chi connectivity index (χ0n) is 10.1. The highest BCUT2D eigenvalue weighted by atomic mass is 16.5. The van der Waals surface area contributed by atoms with Crippen LogP contribution < -0.4 is 5.32 Å². The number of hydrogen-bond donors (Lipinski definition) is 1. The lowest BCUT2D eigenvalue weighted by atomic mass is 9.92. The summed E-state index contributed by atoms with van der Waals surface area (Å²) in [7, 11) is 1.79. The molecule has 0 bridgehead atoms. The van der Waals surface area contributed by atoms with E-state index in [1.807, 2.05) is 0 Å². The molecule has 2 aliphatic rings. The van der Waals surface area contributed by atoms with Crippen LogP contribution in [-0.4, -0.2) is 49.8 Å². The molecule has 1 N–H and O–H groups in total. The lowest BCUT2D eigenvalue weighted by Crippen LogP contribution is -2.62. The standard InChI is InChI=1S/C12H24N2O/c1-11-9-13-12(5-3-4-6-12)10-14(11)7-8-15-2/h11,13H,3-10H2,1-2H3. The molecule has 3 nitrogen and oxygen atoms in total.